The fourth-order valence-electron chi connectivity index (χ4n) is 11.1. The van der Waals surface area contributed by atoms with Crippen molar-refractivity contribution >= 4 is 74.1 Å². The van der Waals surface area contributed by atoms with Crippen molar-refractivity contribution in [3.63, 3.8) is 0 Å². The van der Waals surface area contributed by atoms with E-state index < -0.39 is 38.3 Å². The number of fused-ring (bicyclic) bond motifs is 12. The number of para-hydroxylation sites is 3. The minimum Gasteiger partial charge on any atom is -0.496 e. The van der Waals surface area contributed by atoms with Crippen LogP contribution >= 0.6 is 0 Å². The van der Waals surface area contributed by atoms with Crippen LogP contribution in [0.3, 0.4) is 0 Å². The molecule has 6 aromatic carbocycles. The number of aliphatic hydroxyl groups excluding tert-OH is 1. The van der Waals surface area contributed by atoms with Crippen LogP contribution in [0.25, 0.3) is 65.8 Å². The number of hydrogen-bond acceptors (Lipinski definition) is 20. The molecule has 1 fully saturated rings. The van der Waals surface area contributed by atoms with Gasteiger partial charge in [0.05, 0.1) is 78.6 Å². The summed E-state index contributed by atoms with van der Waals surface area (Å²) in [5, 5.41) is 33.6. The Kier molecular flexibility index (Phi) is 15.5. The first-order valence-electron chi connectivity index (χ1n) is 28.5. The molecule has 3 N–H and O–H groups in total. The number of rotatable bonds is 13. The molecule has 0 amide bonds. The molecule has 21 heteroatoms. The van der Waals surface area contributed by atoms with Gasteiger partial charge in [0, 0.05) is 54.2 Å². The summed E-state index contributed by atoms with van der Waals surface area (Å²) in [6.45, 7) is 16.4. The predicted octanol–water partition coefficient (Wildman–Crippen LogP) is 10.1. The number of benzene rings is 6. The Bertz CT molecular complexity index is 4390. The van der Waals surface area contributed by atoms with E-state index in [-0.39, 0.29) is 46.1 Å². The van der Waals surface area contributed by atoms with Gasteiger partial charge >= 0.3 is 0 Å². The molecule has 0 bridgehead atoms. The molecule has 7 heterocycles. The van der Waals surface area contributed by atoms with E-state index >= 15 is 0 Å². The SMILES string of the molecule is COc1cccc2c(=O)c3c(OC)cc4c(c3oc12)CC(C1(C)CO1)O4.COc1cccc2c(=O)c3c(OC)cc4c(c3oc12)CC([C@](C)(O)CO)O4.COc1cccc2c(=O)c3c(OC)cc4c(c3oc12)CC([C@](C)(O)CO[Si](C)(C)C(C)(C)C)O4. The summed E-state index contributed by atoms with van der Waals surface area (Å²) in [5.74, 6) is 4.23. The molecule has 6 atom stereocenters. The summed E-state index contributed by atoms with van der Waals surface area (Å²) in [4.78, 5) is 39.7. The van der Waals surface area contributed by atoms with E-state index in [0.29, 0.717) is 143 Å². The molecule has 4 aliphatic heterocycles. The summed E-state index contributed by atoms with van der Waals surface area (Å²) in [6, 6.07) is 20.7. The van der Waals surface area contributed by atoms with Gasteiger partial charge in [0.2, 0.25) is 16.3 Å². The van der Waals surface area contributed by atoms with Gasteiger partial charge in [-0.15, -0.1) is 0 Å². The molecule has 87 heavy (non-hydrogen) atoms. The fourth-order valence-corrected chi connectivity index (χ4v) is 12.2. The lowest BCUT2D eigenvalue weighted by atomic mass is 9.95. The molecule has 0 radical (unpaired) electrons. The molecule has 9 aromatic rings. The van der Waals surface area contributed by atoms with Gasteiger partial charge in [0.15, 0.2) is 42.3 Å². The number of methoxy groups -OCH3 is 6. The van der Waals surface area contributed by atoms with Gasteiger partial charge < -0.3 is 80.4 Å². The zero-order valence-corrected chi connectivity index (χ0v) is 52.2. The molecule has 20 nitrogen and oxygen atoms in total. The highest BCUT2D eigenvalue weighted by atomic mass is 28.4. The first-order chi connectivity index (χ1) is 41.3. The minimum absolute atomic E-state index is 0.0235. The Morgan fingerprint density at radius 2 is 0.862 bits per heavy atom. The highest BCUT2D eigenvalue weighted by Crippen LogP contribution is 2.49. The first kappa shape index (κ1) is 60.6. The number of ether oxygens (including phenoxy) is 10. The Hall–Kier alpha value is -8.05. The van der Waals surface area contributed by atoms with E-state index in [1.807, 2.05) is 6.92 Å². The van der Waals surface area contributed by atoms with Gasteiger partial charge in [0.1, 0.15) is 103 Å². The van der Waals surface area contributed by atoms with Crippen molar-refractivity contribution in [2.75, 3.05) is 62.5 Å². The molecule has 4 aliphatic rings. The molecule has 13 rings (SSSR count). The zero-order chi connectivity index (χ0) is 62.4. The largest absolute Gasteiger partial charge is 0.496 e. The molecule has 4 unspecified atom stereocenters. The van der Waals surface area contributed by atoms with Crippen LogP contribution in [-0.4, -0.2) is 121 Å². The second kappa shape index (κ2) is 22.3. The van der Waals surface area contributed by atoms with Crippen LogP contribution < -0.4 is 58.9 Å². The maximum atomic E-state index is 13.4. The Morgan fingerprint density at radius 3 is 1.20 bits per heavy atom. The van der Waals surface area contributed by atoms with E-state index in [1.165, 1.54) is 42.5 Å². The maximum Gasteiger partial charge on any atom is 0.204 e. The summed E-state index contributed by atoms with van der Waals surface area (Å²) < 4.78 is 81.1. The van der Waals surface area contributed by atoms with Crippen LogP contribution in [0.5, 0.6) is 51.7 Å². The van der Waals surface area contributed by atoms with E-state index in [9.17, 15) is 29.7 Å². The Labute approximate surface area is 501 Å². The topological polar surface area (TPSA) is 256 Å². The number of epoxide rings is 1. The van der Waals surface area contributed by atoms with Gasteiger partial charge in [-0.1, -0.05) is 39.0 Å². The normalized spacial score (nSPS) is 19.8. The molecule has 1 saturated heterocycles. The average molecular weight is 1210 g/mol. The van der Waals surface area contributed by atoms with E-state index in [2.05, 4.69) is 33.9 Å². The molecule has 460 valence electrons. The summed E-state index contributed by atoms with van der Waals surface area (Å²) in [6.07, 6.45) is -0.0740. The zero-order valence-electron chi connectivity index (χ0n) is 51.2. The lowest BCUT2D eigenvalue weighted by molar-refractivity contribution is -0.0729. The van der Waals surface area contributed by atoms with E-state index in [4.69, 9.17) is 65.0 Å². The Morgan fingerprint density at radius 1 is 0.517 bits per heavy atom. The van der Waals surface area contributed by atoms with E-state index in [0.717, 1.165) is 11.1 Å². The quantitative estimate of drug-likeness (QED) is 0.0551. The van der Waals surface area contributed by atoms with Crippen molar-refractivity contribution in [2.24, 2.45) is 0 Å². The van der Waals surface area contributed by atoms with Crippen LogP contribution in [0.1, 0.15) is 58.2 Å². The van der Waals surface area contributed by atoms with Gasteiger partial charge in [-0.25, -0.2) is 0 Å². The third-order valence-electron chi connectivity index (χ3n) is 17.7. The van der Waals surface area contributed by atoms with Gasteiger partial charge in [-0.3, -0.25) is 14.4 Å². The van der Waals surface area contributed by atoms with Crippen molar-refractivity contribution < 1.29 is 80.4 Å². The number of aliphatic hydroxyl groups is 3. The lowest BCUT2D eigenvalue weighted by Crippen LogP contribution is -2.51. The second-order valence-electron chi connectivity index (χ2n) is 24.5. The first-order valence-corrected chi connectivity index (χ1v) is 31.4. The van der Waals surface area contributed by atoms with Crippen LogP contribution in [0.2, 0.25) is 18.1 Å². The molecule has 0 saturated carbocycles. The van der Waals surface area contributed by atoms with Crippen LogP contribution in [0.15, 0.2) is 100 Å². The van der Waals surface area contributed by atoms with Crippen molar-refractivity contribution in [2.45, 2.75) is 114 Å². The highest BCUT2D eigenvalue weighted by Gasteiger charge is 2.52. The van der Waals surface area contributed by atoms with Crippen molar-refractivity contribution in [3.05, 3.63) is 120 Å². The molecular formula is C66H72O20Si. The minimum atomic E-state index is -2.06. The smallest absolute Gasteiger partial charge is 0.204 e. The molecule has 3 aromatic heterocycles. The highest BCUT2D eigenvalue weighted by molar-refractivity contribution is 6.74. The van der Waals surface area contributed by atoms with Crippen molar-refractivity contribution in [1.29, 1.82) is 0 Å². The van der Waals surface area contributed by atoms with E-state index in [1.54, 1.807) is 86.8 Å². The van der Waals surface area contributed by atoms with Crippen LogP contribution in [0.4, 0.5) is 0 Å². The molecular weight excluding hydrogens is 1140 g/mol. The van der Waals surface area contributed by atoms with Gasteiger partial charge in [0.25, 0.3) is 0 Å². The summed E-state index contributed by atoms with van der Waals surface area (Å²) in [7, 11) is 7.04. The average Bonchev–Trinajstić information content (AvgIpc) is 1.78. The lowest BCUT2D eigenvalue weighted by Gasteiger charge is -2.39. The van der Waals surface area contributed by atoms with Crippen molar-refractivity contribution in [1.82, 2.24) is 0 Å². The van der Waals surface area contributed by atoms with Crippen LogP contribution in [0, 0.1) is 0 Å². The summed E-state index contributed by atoms with van der Waals surface area (Å²) >= 11 is 0. The third kappa shape index (κ3) is 10.4. The molecule has 0 aliphatic carbocycles. The predicted molar refractivity (Wildman–Crippen MR) is 329 cm³/mol. The van der Waals surface area contributed by atoms with Gasteiger partial charge in [-0.2, -0.15) is 0 Å². The third-order valence-corrected chi connectivity index (χ3v) is 22.2. The monoisotopic (exact) mass is 1210 g/mol. The molecule has 0 spiro atoms. The maximum absolute atomic E-state index is 13.4. The second-order valence-corrected chi connectivity index (χ2v) is 29.3. The summed E-state index contributed by atoms with van der Waals surface area (Å²) in [5.41, 5.74) is 1.05. The number of hydrogen-bond donors (Lipinski definition) is 3. The van der Waals surface area contributed by atoms with Crippen LogP contribution in [-0.2, 0) is 28.4 Å². The van der Waals surface area contributed by atoms with Gasteiger partial charge in [-0.05, 0) is 75.3 Å². The van der Waals surface area contributed by atoms with Crippen molar-refractivity contribution in [3.8, 4) is 51.7 Å². The Balaban J connectivity index is 0.000000137. The fraction of sp³-hybridized carbons (Fsp3) is 0.409. The standard InChI is InChI=1S/C26H34O7Si.C20H20O7.C20H18O6/c1-25(2,3)34(7,8)31-14-26(4,28)20-12-16-18(32-20)13-19(30-6)21-22(27)15-10-9-11-17(29-5)23(15)33-24(16)21;1-20(23,9-21)15-7-11-13(26-15)8-14(25-3)16-17(22)10-5-4-6-12(24-2)18(10)27-19(11)16;1-20(9-24-20)15-7-11-13(25-15)8-14(23-3)16-17(21)10-5-4-6-12(22-2)18(10)26-19(11)16/h9-11,13,20,28H,12,14H2,1-8H3;4-6,8,15,21,23H,7,9H2,1-3H3;4-6,8,15H,7,9H2,1-3H3/t20?,26-;15?,20-;/m11./s1.